The first kappa shape index (κ1) is 17.6. The minimum atomic E-state index is -0.607. The first-order valence-corrected chi connectivity index (χ1v) is 7.63. The molecule has 1 amide bonds. The van der Waals surface area contributed by atoms with Gasteiger partial charge in [-0.2, -0.15) is 9.97 Å². The second-order valence-electron chi connectivity index (χ2n) is 5.27. The van der Waals surface area contributed by atoms with Gasteiger partial charge in [0.1, 0.15) is 11.9 Å². The number of cyclic esters (lactones) is 1. The highest BCUT2D eigenvalue weighted by atomic mass is 19.1. The lowest BCUT2D eigenvalue weighted by molar-refractivity contribution is 0.145. The van der Waals surface area contributed by atoms with Crippen LogP contribution in [0.2, 0.25) is 0 Å². The van der Waals surface area contributed by atoms with E-state index in [0.29, 0.717) is 5.69 Å². The number of nitrogens with two attached hydrogens (primary N) is 1. The van der Waals surface area contributed by atoms with E-state index in [1.54, 1.807) is 6.07 Å². The Morgan fingerprint density at radius 3 is 2.54 bits per heavy atom. The Morgan fingerprint density at radius 2 is 2.00 bits per heavy atom. The zero-order valence-electron chi connectivity index (χ0n) is 14.1. The van der Waals surface area contributed by atoms with E-state index in [1.807, 2.05) is 0 Å². The Hall–Kier alpha value is -3.21. The van der Waals surface area contributed by atoms with Crippen molar-refractivity contribution in [1.82, 2.24) is 15.0 Å². The molecule has 11 heteroatoms. The SMILES string of the molecule is COc1nc(Nc2ccc(N3C[C@H](CN)OC3=O)cc2F)nc(OC)n1. The Bertz CT molecular complexity index is 798. The highest BCUT2D eigenvalue weighted by molar-refractivity contribution is 5.90. The summed E-state index contributed by atoms with van der Waals surface area (Å²) in [5, 5.41) is 2.72. The van der Waals surface area contributed by atoms with Gasteiger partial charge in [-0.1, -0.05) is 0 Å². The van der Waals surface area contributed by atoms with Crippen LogP contribution in [0.15, 0.2) is 18.2 Å². The van der Waals surface area contributed by atoms with Gasteiger partial charge in [0.2, 0.25) is 5.95 Å². The molecule has 1 aliphatic rings. The fourth-order valence-electron chi connectivity index (χ4n) is 2.33. The molecular formula is C15H17FN6O4. The molecule has 2 heterocycles. The predicted octanol–water partition coefficient (Wildman–Crippen LogP) is 1.06. The number of aromatic nitrogens is 3. The van der Waals surface area contributed by atoms with Crippen LogP contribution in [0.25, 0.3) is 0 Å². The maximum absolute atomic E-state index is 14.5. The summed E-state index contributed by atoms with van der Waals surface area (Å²) in [6.07, 6.45) is -0.971. The van der Waals surface area contributed by atoms with Crippen molar-refractivity contribution in [3.8, 4) is 12.0 Å². The summed E-state index contributed by atoms with van der Waals surface area (Å²) in [6.45, 7) is 0.469. The molecule has 1 aliphatic heterocycles. The van der Waals surface area contributed by atoms with Crippen LogP contribution in [-0.2, 0) is 4.74 Å². The van der Waals surface area contributed by atoms with Gasteiger partial charge < -0.3 is 25.3 Å². The number of nitrogens with zero attached hydrogens (tertiary/aromatic N) is 4. The van der Waals surface area contributed by atoms with Gasteiger partial charge in [0.05, 0.1) is 32.1 Å². The number of halogens is 1. The van der Waals surface area contributed by atoms with Crippen LogP contribution in [0.5, 0.6) is 12.0 Å². The van der Waals surface area contributed by atoms with Crippen LogP contribution in [0.4, 0.5) is 26.5 Å². The molecule has 3 rings (SSSR count). The number of rotatable bonds is 6. The Kier molecular flexibility index (Phi) is 4.98. The van der Waals surface area contributed by atoms with Crippen molar-refractivity contribution in [1.29, 1.82) is 0 Å². The van der Waals surface area contributed by atoms with E-state index in [2.05, 4.69) is 20.3 Å². The highest BCUT2D eigenvalue weighted by Gasteiger charge is 2.31. The standard InChI is InChI=1S/C15H17FN6O4/c1-24-13-19-12(20-14(21-13)25-2)18-11-4-3-8(5-10(11)16)22-7-9(6-17)26-15(22)23/h3-5,9H,6-7,17H2,1-2H3,(H,18,19,20,21)/t9-/m0/s1. The number of anilines is 3. The summed E-state index contributed by atoms with van der Waals surface area (Å²) in [7, 11) is 2.77. The number of carbonyl (C=O) groups is 1. The van der Waals surface area contributed by atoms with Crippen LogP contribution in [-0.4, -0.2) is 54.5 Å². The number of methoxy groups -OCH3 is 2. The maximum Gasteiger partial charge on any atom is 0.414 e. The highest BCUT2D eigenvalue weighted by Crippen LogP contribution is 2.27. The number of hydrogen-bond donors (Lipinski definition) is 2. The molecule has 10 nitrogen and oxygen atoms in total. The predicted molar refractivity (Wildman–Crippen MR) is 89.3 cm³/mol. The molecule has 138 valence electrons. The molecule has 1 fully saturated rings. The van der Waals surface area contributed by atoms with Crippen LogP contribution >= 0.6 is 0 Å². The smallest absolute Gasteiger partial charge is 0.414 e. The summed E-state index contributed by atoms with van der Waals surface area (Å²) in [4.78, 5) is 24.9. The van der Waals surface area contributed by atoms with E-state index >= 15 is 0 Å². The summed E-state index contributed by atoms with van der Waals surface area (Å²) in [5.74, 6) is -0.561. The third-order valence-corrected chi connectivity index (χ3v) is 3.61. The maximum atomic E-state index is 14.5. The summed E-state index contributed by atoms with van der Waals surface area (Å²) >= 11 is 0. The van der Waals surface area contributed by atoms with Crippen LogP contribution < -0.4 is 25.4 Å². The summed E-state index contributed by atoms with van der Waals surface area (Å²) in [5.41, 5.74) is 5.96. The second-order valence-corrected chi connectivity index (χ2v) is 5.27. The number of carbonyl (C=O) groups excluding carboxylic acids is 1. The van der Waals surface area contributed by atoms with Gasteiger partial charge in [-0.05, 0) is 18.2 Å². The fraction of sp³-hybridized carbons (Fsp3) is 0.333. The van der Waals surface area contributed by atoms with Gasteiger partial charge >= 0.3 is 18.1 Å². The van der Waals surface area contributed by atoms with Gasteiger partial charge in [-0.15, -0.1) is 4.98 Å². The van der Waals surface area contributed by atoms with Gasteiger partial charge in [0.15, 0.2) is 0 Å². The zero-order valence-corrected chi connectivity index (χ0v) is 14.1. The van der Waals surface area contributed by atoms with E-state index in [0.717, 1.165) is 0 Å². The fourth-order valence-corrected chi connectivity index (χ4v) is 2.33. The lowest BCUT2D eigenvalue weighted by Gasteiger charge is -2.14. The molecular weight excluding hydrogens is 347 g/mol. The largest absolute Gasteiger partial charge is 0.467 e. The third-order valence-electron chi connectivity index (χ3n) is 3.61. The normalized spacial score (nSPS) is 16.4. The molecule has 1 atom stereocenters. The Morgan fingerprint density at radius 1 is 1.31 bits per heavy atom. The van der Waals surface area contributed by atoms with E-state index in [-0.39, 0.29) is 36.7 Å². The van der Waals surface area contributed by atoms with Crippen LogP contribution in [0.3, 0.4) is 0 Å². The molecule has 1 aromatic heterocycles. The molecule has 1 aromatic carbocycles. The van der Waals surface area contributed by atoms with Gasteiger partial charge in [0, 0.05) is 6.54 Å². The van der Waals surface area contributed by atoms with E-state index in [1.165, 1.54) is 31.3 Å². The summed E-state index contributed by atoms with van der Waals surface area (Å²) in [6, 6.07) is 4.27. The molecule has 0 aliphatic carbocycles. The average Bonchev–Trinajstić information content (AvgIpc) is 3.04. The van der Waals surface area contributed by atoms with Crippen molar-refractivity contribution in [2.45, 2.75) is 6.10 Å². The van der Waals surface area contributed by atoms with Gasteiger partial charge in [-0.3, -0.25) is 4.90 Å². The Labute approximate surface area is 148 Å². The van der Waals surface area contributed by atoms with E-state index in [4.69, 9.17) is 19.9 Å². The second kappa shape index (κ2) is 7.35. The number of ether oxygens (including phenoxy) is 3. The minimum Gasteiger partial charge on any atom is -0.467 e. The topological polar surface area (TPSA) is 125 Å². The van der Waals surface area contributed by atoms with Crippen molar-refractivity contribution in [3.63, 3.8) is 0 Å². The minimum absolute atomic E-state index is 0.0176. The molecule has 1 saturated heterocycles. The molecule has 3 N–H and O–H groups in total. The van der Waals surface area contributed by atoms with Crippen molar-refractivity contribution in [2.75, 3.05) is 37.5 Å². The molecule has 0 unspecified atom stereocenters. The lowest BCUT2D eigenvalue weighted by atomic mass is 10.2. The van der Waals surface area contributed by atoms with E-state index < -0.39 is 18.0 Å². The number of hydrogen-bond acceptors (Lipinski definition) is 9. The molecule has 0 bridgehead atoms. The first-order valence-electron chi connectivity index (χ1n) is 7.63. The molecule has 0 spiro atoms. The van der Waals surface area contributed by atoms with Crippen molar-refractivity contribution in [2.24, 2.45) is 5.73 Å². The number of benzene rings is 1. The van der Waals surface area contributed by atoms with Crippen LogP contribution in [0, 0.1) is 5.82 Å². The van der Waals surface area contributed by atoms with Crippen LogP contribution in [0.1, 0.15) is 0 Å². The van der Waals surface area contributed by atoms with E-state index in [9.17, 15) is 9.18 Å². The van der Waals surface area contributed by atoms with Crippen molar-refractivity contribution in [3.05, 3.63) is 24.0 Å². The molecule has 26 heavy (non-hydrogen) atoms. The molecule has 0 saturated carbocycles. The monoisotopic (exact) mass is 364 g/mol. The average molecular weight is 364 g/mol. The molecule has 0 radical (unpaired) electrons. The first-order chi connectivity index (χ1) is 12.5. The molecule has 2 aromatic rings. The van der Waals surface area contributed by atoms with Crippen molar-refractivity contribution < 1.29 is 23.4 Å². The van der Waals surface area contributed by atoms with Gasteiger partial charge in [-0.25, -0.2) is 9.18 Å². The van der Waals surface area contributed by atoms with Gasteiger partial charge in [0.25, 0.3) is 0 Å². The quantitative estimate of drug-likeness (QED) is 0.774. The number of nitrogens with one attached hydrogen (secondary N) is 1. The lowest BCUT2D eigenvalue weighted by Crippen LogP contribution is -2.27. The third kappa shape index (κ3) is 3.57. The van der Waals surface area contributed by atoms with Crippen molar-refractivity contribution >= 4 is 23.4 Å². The Balaban J connectivity index is 1.81. The zero-order chi connectivity index (χ0) is 18.7. The summed E-state index contributed by atoms with van der Waals surface area (Å²) < 4.78 is 29.4. The number of amides is 1.